The summed E-state index contributed by atoms with van der Waals surface area (Å²) in [5.41, 5.74) is 3.04. The third kappa shape index (κ3) is 9.22. The Hall–Kier alpha value is -5.81. The number of halogens is 1. The second kappa shape index (κ2) is 19.0. The first kappa shape index (κ1) is 44.4. The van der Waals surface area contributed by atoms with Crippen molar-refractivity contribution in [2.24, 2.45) is 11.8 Å². The molecule has 0 aliphatic carbocycles. The number of fused-ring (bicyclic) bond motifs is 2. The molecule has 1 unspecified atom stereocenters. The lowest BCUT2D eigenvalue weighted by Gasteiger charge is -2.35. The van der Waals surface area contributed by atoms with Crippen LogP contribution in [0.1, 0.15) is 115 Å². The molecule has 0 saturated carbocycles. The van der Waals surface area contributed by atoms with Crippen molar-refractivity contribution in [1.29, 1.82) is 0 Å². The van der Waals surface area contributed by atoms with Crippen molar-refractivity contribution in [3.05, 3.63) is 65.6 Å². The van der Waals surface area contributed by atoms with Crippen molar-refractivity contribution in [2.45, 2.75) is 102 Å². The van der Waals surface area contributed by atoms with Crippen LogP contribution in [0.25, 0.3) is 10.9 Å². The molecule has 8 heterocycles. The number of carbonyl (C=O) groups excluding carboxylic acids is 5. The number of likely N-dealkylation sites (tertiary alicyclic amines) is 1. The number of methoxy groups -OCH3 is 1. The number of alkyl halides is 1. The third-order valence-electron chi connectivity index (χ3n) is 14.2. The summed E-state index contributed by atoms with van der Waals surface area (Å²) < 4.78 is 22.0. The quantitative estimate of drug-likeness (QED) is 0.110. The Morgan fingerprint density at radius 2 is 1.69 bits per heavy atom. The van der Waals surface area contributed by atoms with Crippen LogP contribution in [0.5, 0.6) is 0 Å². The normalized spacial score (nSPS) is 22.6. The second-order valence-electron chi connectivity index (χ2n) is 18.7. The standard InChI is InChI=1S/C48H59FN10O6/c1-29(2)58-27-34(33-26-51-42(25-38(33)58)52-41-11-17-50-48(53-41)57-23-16-40(65-3)35(49)28-57)39(60)24-31-12-19-55(20-13-31)18-5-6-30-14-21-56(22-15-30)36-8-4-7-32-44(36)47(64)59(46(32)63)37-9-10-43(61)54-45(37)62/h4,7-8,11,17,25-27,29-31,35,37,40H,5-6,9-10,12-16,18-24,28H2,1-3H3,(H,54,61,62)(H,50,51,52,53)/t35-,37?,40+/m1/s1. The van der Waals surface area contributed by atoms with Gasteiger partial charge in [0.2, 0.25) is 17.8 Å². The molecule has 1 aromatic carbocycles. The average molecular weight is 891 g/mol. The number of imide groups is 2. The van der Waals surface area contributed by atoms with Crippen molar-refractivity contribution in [3.8, 4) is 0 Å². The van der Waals surface area contributed by atoms with E-state index in [1.54, 1.807) is 30.6 Å². The number of aromatic nitrogens is 4. The van der Waals surface area contributed by atoms with Crippen LogP contribution in [0.15, 0.2) is 48.9 Å². The number of ketones is 1. The molecular formula is C48H59FN10O6. The van der Waals surface area contributed by atoms with Gasteiger partial charge in [-0.3, -0.25) is 34.2 Å². The Balaban J connectivity index is 0.736. The fraction of sp³-hybridized carbons (Fsp3) is 0.542. The minimum absolute atomic E-state index is 0.0905. The third-order valence-corrected chi connectivity index (χ3v) is 14.2. The Labute approximate surface area is 378 Å². The van der Waals surface area contributed by atoms with Gasteiger partial charge >= 0.3 is 0 Å². The van der Waals surface area contributed by atoms with E-state index in [1.807, 2.05) is 23.2 Å². The highest BCUT2D eigenvalue weighted by atomic mass is 19.1. The minimum Gasteiger partial charge on any atom is -0.378 e. The molecule has 344 valence electrons. The van der Waals surface area contributed by atoms with E-state index in [9.17, 15) is 28.4 Å². The lowest BCUT2D eigenvalue weighted by molar-refractivity contribution is -0.136. The number of piperidine rings is 4. The molecule has 5 aliphatic rings. The fourth-order valence-corrected chi connectivity index (χ4v) is 10.5. The van der Waals surface area contributed by atoms with Gasteiger partial charge in [0, 0.05) is 81.2 Å². The maximum atomic E-state index is 14.6. The van der Waals surface area contributed by atoms with Gasteiger partial charge in [-0.1, -0.05) is 6.07 Å². The van der Waals surface area contributed by atoms with E-state index >= 15 is 0 Å². The number of hydrogen-bond acceptors (Lipinski definition) is 13. The van der Waals surface area contributed by atoms with E-state index in [1.165, 1.54) is 7.11 Å². The first-order valence-corrected chi connectivity index (χ1v) is 23.3. The number of carbonyl (C=O) groups is 5. The van der Waals surface area contributed by atoms with E-state index in [4.69, 9.17) is 4.74 Å². The number of Topliss-reactive ketones (excluding diaryl/α,β-unsaturated/α-hetero) is 1. The smallest absolute Gasteiger partial charge is 0.264 e. The molecule has 9 rings (SSSR count). The molecule has 5 aliphatic heterocycles. The van der Waals surface area contributed by atoms with Crippen molar-refractivity contribution in [3.63, 3.8) is 0 Å². The van der Waals surface area contributed by atoms with Crippen LogP contribution in [0.2, 0.25) is 0 Å². The molecule has 4 amide bonds. The molecular weight excluding hydrogens is 832 g/mol. The molecule has 3 atom stereocenters. The average Bonchev–Trinajstić information content (AvgIpc) is 3.81. The number of pyridine rings is 1. The maximum absolute atomic E-state index is 14.6. The van der Waals surface area contributed by atoms with E-state index in [2.05, 4.69) is 53.8 Å². The number of benzene rings is 1. The number of rotatable bonds is 14. The lowest BCUT2D eigenvalue weighted by Crippen LogP contribution is -2.54. The van der Waals surface area contributed by atoms with Crippen LogP contribution in [-0.4, -0.2) is 130 Å². The Morgan fingerprint density at radius 3 is 2.43 bits per heavy atom. The molecule has 4 saturated heterocycles. The van der Waals surface area contributed by atoms with Crippen LogP contribution >= 0.6 is 0 Å². The summed E-state index contributed by atoms with van der Waals surface area (Å²) in [6, 6.07) is 8.20. The molecule has 4 fully saturated rings. The van der Waals surface area contributed by atoms with E-state index in [0.717, 1.165) is 92.7 Å². The van der Waals surface area contributed by atoms with E-state index < -0.39 is 41.9 Å². The number of anilines is 4. The summed E-state index contributed by atoms with van der Waals surface area (Å²) in [6.07, 6.45) is 11.4. The summed E-state index contributed by atoms with van der Waals surface area (Å²) in [6.45, 7) is 9.54. The van der Waals surface area contributed by atoms with Gasteiger partial charge in [0.1, 0.15) is 23.8 Å². The molecule has 4 aromatic rings. The predicted octanol–water partition coefficient (Wildman–Crippen LogP) is 6.10. The van der Waals surface area contributed by atoms with Gasteiger partial charge < -0.3 is 29.3 Å². The SMILES string of the molecule is CO[C@H]1CCN(c2nccc(Nc3cc4c(cn3)c(C(=O)CC3CCN(CCCC5CCN(c6cccc7c6C(=O)N(C6CCC(=O)NC6=O)C7=O)CC5)CC3)cn4C(C)C)n2)C[C@H]1F. The van der Waals surface area contributed by atoms with Crippen LogP contribution in [0, 0.1) is 11.8 Å². The second-order valence-corrected chi connectivity index (χ2v) is 18.7. The van der Waals surface area contributed by atoms with Crippen LogP contribution in [-0.2, 0) is 14.3 Å². The Kier molecular flexibility index (Phi) is 12.9. The summed E-state index contributed by atoms with van der Waals surface area (Å²) in [5.74, 6) is 0.703. The molecule has 16 nitrogen and oxygen atoms in total. The number of nitrogens with one attached hydrogen (secondary N) is 2. The van der Waals surface area contributed by atoms with Gasteiger partial charge in [-0.25, -0.2) is 14.4 Å². The predicted molar refractivity (Wildman–Crippen MR) is 243 cm³/mol. The zero-order chi connectivity index (χ0) is 45.4. The van der Waals surface area contributed by atoms with Gasteiger partial charge in [0.05, 0.1) is 35.0 Å². The fourth-order valence-electron chi connectivity index (χ4n) is 10.5. The van der Waals surface area contributed by atoms with Crippen molar-refractivity contribution in [2.75, 3.05) is 68.0 Å². The molecule has 0 radical (unpaired) electrons. The lowest BCUT2D eigenvalue weighted by atomic mass is 9.89. The summed E-state index contributed by atoms with van der Waals surface area (Å²) >= 11 is 0. The van der Waals surface area contributed by atoms with Crippen LogP contribution in [0.3, 0.4) is 0 Å². The Bertz CT molecular complexity index is 2460. The number of nitrogens with zero attached hydrogens (tertiary/aromatic N) is 8. The van der Waals surface area contributed by atoms with Gasteiger partial charge in [-0.2, -0.15) is 4.98 Å². The summed E-state index contributed by atoms with van der Waals surface area (Å²) in [7, 11) is 1.54. The highest BCUT2D eigenvalue weighted by Gasteiger charge is 2.46. The number of hydrogen-bond donors (Lipinski definition) is 2. The van der Waals surface area contributed by atoms with Gasteiger partial charge in [0.15, 0.2) is 5.78 Å². The zero-order valence-electron chi connectivity index (χ0n) is 37.5. The minimum atomic E-state index is -1.12. The zero-order valence-corrected chi connectivity index (χ0v) is 37.5. The topological polar surface area (TPSA) is 175 Å². The summed E-state index contributed by atoms with van der Waals surface area (Å²) in [4.78, 5) is 86.6. The molecule has 2 N–H and O–H groups in total. The molecule has 65 heavy (non-hydrogen) atoms. The highest BCUT2D eigenvalue weighted by Crippen LogP contribution is 2.37. The molecule has 0 spiro atoms. The molecule has 0 bridgehead atoms. The maximum Gasteiger partial charge on any atom is 0.264 e. The van der Waals surface area contributed by atoms with E-state index in [-0.39, 0.29) is 31.2 Å². The first-order valence-electron chi connectivity index (χ1n) is 23.3. The Morgan fingerprint density at radius 1 is 0.923 bits per heavy atom. The van der Waals surface area contributed by atoms with E-state index in [0.29, 0.717) is 65.5 Å². The highest BCUT2D eigenvalue weighted by molar-refractivity contribution is 6.25. The van der Waals surface area contributed by atoms with Gasteiger partial charge in [-0.05, 0) is 115 Å². The van der Waals surface area contributed by atoms with Crippen molar-refractivity contribution in [1.82, 2.24) is 34.6 Å². The van der Waals surface area contributed by atoms with Gasteiger partial charge in [0.25, 0.3) is 11.8 Å². The number of amides is 4. The first-order chi connectivity index (χ1) is 31.4. The monoisotopic (exact) mass is 890 g/mol. The molecule has 3 aromatic heterocycles. The van der Waals surface area contributed by atoms with Gasteiger partial charge in [-0.15, -0.1) is 0 Å². The van der Waals surface area contributed by atoms with Crippen molar-refractivity contribution >= 4 is 63.6 Å². The summed E-state index contributed by atoms with van der Waals surface area (Å²) in [5, 5.41) is 6.40. The molecule has 17 heteroatoms. The largest absolute Gasteiger partial charge is 0.378 e. The van der Waals surface area contributed by atoms with Crippen LogP contribution in [0.4, 0.5) is 27.7 Å². The van der Waals surface area contributed by atoms with Crippen LogP contribution < -0.4 is 20.4 Å². The number of ether oxygens (including phenoxy) is 1. The van der Waals surface area contributed by atoms with Crippen molar-refractivity contribution < 1.29 is 33.1 Å².